The molecule has 26 heavy (non-hydrogen) atoms. The van der Waals surface area contributed by atoms with Gasteiger partial charge in [0.25, 0.3) is 0 Å². The molecule has 2 N–H and O–H groups in total. The highest BCUT2D eigenvalue weighted by Crippen LogP contribution is 2.34. The summed E-state index contributed by atoms with van der Waals surface area (Å²) in [5.41, 5.74) is 1.12. The van der Waals surface area contributed by atoms with Gasteiger partial charge in [0.2, 0.25) is 6.79 Å². The number of thiazole rings is 1. The van der Waals surface area contributed by atoms with E-state index in [-0.39, 0.29) is 6.79 Å². The maximum atomic E-state index is 5.73. The summed E-state index contributed by atoms with van der Waals surface area (Å²) in [7, 11) is 1.76. The Balaban J connectivity index is 1.35. The molecule has 0 amide bonds. The van der Waals surface area contributed by atoms with Crippen LogP contribution in [0.15, 0.2) is 23.2 Å². The number of guanidine groups is 1. The van der Waals surface area contributed by atoms with Crippen molar-refractivity contribution in [2.45, 2.75) is 20.3 Å². The van der Waals surface area contributed by atoms with Gasteiger partial charge in [0.15, 0.2) is 17.5 Å². The summed E-state index contributed by atoms with van der Waals surface area (Å²) in [6.07, 6.45) is 0.883. The van der Waals surface area contributed by atoms with Gasteiger partial charge in [0, 0.05) is 31.0 Å². The molecule has 0 bridgehead atoms. The summed E-state index contributed by atoms with van der Waals surface area (Å²) in [6.45, 7) is 6.36. The summed E-state index contributed by atoms with van der Waals surface area (Å²) in [6, 6.07) is 5.57. The molecule has 0 aliphatic carbocycles. The zero-order valence-corrected chi connectivity index (χ0v) is 16.1. The van der Waals surface area contributed by atoms with Crippen molar-refractivity contribution in [2.75, 3.05) is 33.5 Å². The molecule has 7 nitrogen and oxygen atoms in total. The molecule has 0 spiro atoms. The topological polar surface area (TPSA) is 77.0 Å². The number of aliphatic imine (C=N–C) groups is 1. The fourth-order valence-electron chi connectivity index (χ4n) is 2.46. The van der Waals surface area contributed by atoms with Gasteiger partial charge >= 0.3 is 0 Å². The summed E-state index contributed by atoms with van der Waals surface area (Å²) in [5, 5.41) is 7.68. The molecule has 1 aliphatic rings. The van der Waals surface area contributed by atoms with Gasteiger partial charge in [-0.05, 0) is 26.0 Å². The molecule has 0 atom stereocenters. The molecule has 140 valence electrons. The molecule has 8 heteroatoms. The number of aryl methyl sites for hydroxylation is 2. The third kappa shape index (κ3) is 4.78. The van der Waals surface area contributed by atoms with Crippen LogP contribution in [0.25, 0.3) is 0 Å². The number of hydrogen-bond acceptors (Lipinski definition) is 6. The van der Waals surface area contributed by atoms with Crippen molar-refractivity contribution in [1.82, 2.24) is 15.6 Å². The van der Waals surface area contributed by atoms with Crippen LogP contribution >= 0.6 is 11.3 Å². The first-order valence-electron chi connectivity index (χ1n) is 8.55. The van der Waals surface area contributed by atoms with Crippen molar-refractivity contribution in [3.05, 3.63) is 33.8 Å². The molecular weight excluding hydrogens is 352 g/mol. The Hall–Kier alpha value is -2.48. The molecule has 0 saturated carbocycles. The van der Waals surface area contributed by atoms with Crippen molar-refractivity contribution in [3.8, 4) is 17.2 Å². The van der Waals surface area contributed by atoms with E-state index in [4.69, 9.17) is 14.2 Å². The number of benzene rings is 1. The van der Waals surface area contributed by atoms with Crippen molar-refractivity contribution in [1.29, 1.82) is 0 Å². The van der Waals surface area contributed by atoms with Crippen LogP contribution in [0.4, 0.5) is 0 Å². The van der Waals surface area contributed by atoms with Gasteiger partial charge < -0.3 is 24.8 Å². The predicted octanol–water partition coefficient (Wildman–Crippen LogP) is 2.28. The minimum Gasteiger partial charge on any atom is -0.492 e. The van der Waals surface area contributed by atoms with Gasteiger partial charge in [0.05, 0.1) is 17.2 Å². The zero-order valence-electron chi connectivity index (χ0n) is 15.3. The van der Waals surface area contributed by atoms with E-state index in [0.717, 1.165) is 46.9 Å². The standard InChI is InChI=1S/C18H24N4O3S/c1-12-13(2)26-17(22-12)6-7-20-18(19-3)21-8-9-23-14-4-5-15-16(10-14)25-11-24-15/h4-5,10H,6-9,11H2,1-3H3,(H2,19,20,21). The SMILES string of the molecule is CN=C(NCCOc1ccc2c(c1)OCO2)NCCc1nc(C)c(C)s1. The monoisotopic (exact) mass is 376 g/mol. The van der Waals surface area contributed by atoms with Crippen LogP contribution in [0.3, 0.4) is 0 Å². The normalized spacial score (nSPS) is 13.0. The first-order chi connectivity index (χ1) is 12.7. The molecular formula is C18H24N4O3S. The van der Waals surface area contributed by atoms with Crippen LogP contribution < -0.4 is 24.8 Å². The van der Waals surface area contributed by atoms with Crippen LogP contribution in [0.5, 0.6) is 17.2 Å². The van der Waals surface area contributed by atoms with E-state index >= 15 is 0 Å². The maximum absolute atomic E-state index is 5.73. The third-order valence-corrected chi connectivity index (χ3v) is 5.07. The average molecular weight is 376 g/mol. The summed E-state index contributed by atoms with van der Waals surface area (Å²) in [5.74, 6) is 2.99. The van der Waals surface area contributed by atoms with Crippen molar-refractivity contribution in [2.24, 2.45) is 4.99 Å². The highest BCUT2D eigenvalue weighted by Gasteiger charge is 2.13. The molecule has 1 aliphatic heterocycles. The first-order valence-corrected chi connectivity index (χ1v) is 9.37. The number of fused-ring (bicyclic) bond motifs is 1. The Morgan fingerprint density at radius 2 is 2.04 bits per heavy atom. The van der Waals surface area contributed by atoms with E-state index in [9.17, 15) is 0 Å². The second kappa shape index (κ2) is 8.75. The highest BCUT2D eigenvalue weighted by molar-refractivity contribution is 7.11. The lowest BCUT2D eigenvalue weighted by Crippen LogP contribution is -2.40. The number of ether oxygens (including phenoxy) is 3. The minimum absolute atomic E-state index is 0.266. The van der Waals surface area contributed by atoms with Gasteiger partial charge in [-0.2, -0.15) is 0 Å². The van der Waals surface area contributed by atoms with Gasteiger partial charge in [-0.3, -0.25) is 4.99 Å². The number of nitrogens with zero attached hydrogens (tertiary/aromatic N) is 2. The van der Waals surface area contributed by atoms with Gasteiger partial charge in [-0.15, -0.1) is 11.3 Å². The molecule has 1 aromatic carbocycles. The van der Waals surface area contributed by atoms with Crippen molar-refractivity contribution in [3.63, 3.8) is 0 Å². The number of rotatable bonds is 7. The second-order valence-electron chi connectivity index (χ2n) is 5.79. The lowest BCUT2D eigenvalue weighted by molar-refractivity contribution is 0.173. The van der Waals surface area contributed by atoms with Crippen molar-refractivity contribution < 1.29 is 14.2 Å². The second-order valence-corrected chi connectivity index (χ2v) is 7.08. The van der Waals surface area contributed by atoms with Crippen LogP contribution in [0.1, 0.15) is 15.6 Å². The molecule has 1 aromatic heterocycles. The van der Waals surface area contributed by atoms with E-state index in [1.165, 1.54) is 4.88 Å². The van der Waals surface area contributed by atoms with Crippen molar-refractivity contribution >= 4 is 17.3 Å². The summed E-state index contributed by atoms with van der Waals surface area (Å²) >= 11 is 1.75. The van der Waals surface area contributed by atoms with Gasteiger partial charge in [-0.25, -0.2) is 4.98 Å². The third-order valence-electron chi connectivity index (χ3n) is 3.94. The number of nitrogens with one attached hydrogen (secondary N) is 2. The van der Waals surface area contributed by atoms with Crippen LogP contribution in [-0.4, -0.2) is 44.5 Å². The van der Waals surface area contributed by atoms with Crippen LogP contribution in [0.2, 0.25) is 0 Å². The Bertz CT molecular complexity index is 756. The van der Waals surface area contributed by atoms with E-state index in [0.29, 0.717) is 13.2 Å². The zero-order chi connectivity index (χ0) is 18.4. The summed E-state index contributed by atoms with van der Waals surface area (Å²) < 4.78 is 16.4. The molecule has 2 aromatic rings. The number of aromatic nitrogens is 1. The fourth-order valence-corrected chi connectivity index (χ4v) is 3.39. The molecule has 0 unspecified atom stereocenters. The molecule has 3 rings (SSSR count). The quantitative estimate of drug-likeness (QED) is 0.439. The summed E-state index contributed by atoms with van der Waals surface area (Å²) in [4.78, 5) is 10.0. The lowest BCUT2D eigenvalue weighted by atomic mass is 10.3. The molecule has 0 radical (unpaired) electrons. The molecule has 2 heterocycles. The Kier molecular flexibility index (Phi) is 6.17. The smallest absolute Gasteiger partial charge is 0.231 e. The molecule has 0 fully saturated rings. The number of hydrogen-bond donors (Lipinski definition) is 2. The Labute approximate surface area is 157 Å². The Morgan fingerprint density at radius 3 is 2.81 bits per heavy atom. The van der Waals surface area contributed by atoms with Crippen LogP contribution in [-0.2, 0) is 6.42 Å². The first kappa shape index (κ1) is 18.3. The predicted molar refractivity (Wildman–Crippen MR) is 103 cm³/mol. The maximum Gasteiger partial charge on any atom is 0.231 e. The fraction of sp³-hybridized carbons (Fsp3) is 0.444. The minimum atomic E-state index is 0.266. The van der Waals surface area contributed by atoms with E-state index in [1.54, 1.807) is 18.4 Å². The average Bonchev–Trinajstić information content (AvgIpc) is 3.23. The van der Waals surface area contributed by atoms with Gasteiger partial charge in [0.1, 0.15) is 12.4 Å². The van der Waals surface area contributed by atoms with E-state index in [2.05, 4.69) is 27.5 Å². The van der Waals surface area contributed by atoms with E-state index in [1.807, 2.05) is 25.1 Å². The van der Waals surface area contributed by atoms with Crippen LogP contribution in [0, 0.1) is 13.8 Å². The lowest BCUT2D eigenvalue weighted by Gasteiger charge is -2.12. The largest absolute Gasteiger partial charge is 0.492 e. The Morgan fingerprint density at radius 1 is 1.23 bits per heavy atom. The highest BCUT2D eigenvalue weighted by atomic mass is 32.1. The van der Waals surface area contributed by atoms with Gasteiger partial charge in [-0.1, -0.05) is 0 Å². The van der Waals surface area contributed by atoms with E-state index < -0.39 is 0 Å². The molecule has 0 saturated heterocycles.